The SMILES string of the molecule is CC1=C(c2ccc(OC(=O)c3ccc4c(c3)C(=O)OC4=O)c(C)c2)CCC(C2CC=C(c3ccc(OC(=O)c4ccc5c(c4)C(=O)OC5=O)c(C)c3)CC2)C1. The Morgan fingerprint density at radius 2 is 1.09 bits per heavy atom. The first kappa shape index (κ1) is 35.6. The van der Waals surface area contributed by atoms with Gasteiger partial charge in [0.05, 0.1) is 33.4 Å². The number of allylic oxidation sites excluding steroid dienone is 4. The molecule has 0 saturated heterocycles. The van der Waals surface area contributed by atoms with E-state index in [4.69, 9.17) is 9.47 Å². The van der Waals surface area contributed by atoms with Crippen LogP contribution in [-0.2, 0) is 9.47 Å². The lowest BCUT2D eigenvalue weighted by molar-refractivity contribution is 0.0425. The van der Waals surface area contributed by atoms with Gasteiger partial charge in [-0.2, -0.15) is 0 Å². The molecule has 2 atom stereocenters. The zero-order valence-electron chi connectivity index (χ0n) is 30.5. The summed E-state index contributed by atoms with van der Waals surface area (Å²) in [6, 6.07) is 20.0. The molecule has 0 bridgehead atoms. The Kier molecular flexibility index (Phi) is 9.12. The van der Waals surface area contributed by atoms with E-state index in [-0.39, 0.29) is 33.4 Å². The van der Waals surface area contributed by atoms with E-state index in [1.807, 2.05) is 38.1 Å². The van der Waals surface area contributed by atoms with Crippen molar-refractivity contribution in [2.75, 3.05) is 0 Å². The summed E-state index contributed by atoms with van der Waals surface area (Å²) >= 11 is 0. The molecule has 4 aromatic rings. The van der Waals surface area contributed by atoms with E-state index in [1.54, 1.807) is 6.07 Å². The predicted molar refractivity (Wildman–Crippen MR) is 200 cm³/mol. The molecule has 2 unspecified atom stereocenters. The van der Waals surface area contributed by atoms with E-state index < -0.39 is 35.8 Å². The highest BCUT2D eigenvalue weighted by atomic mass is 16.6. The molecule has 0 radical (unpaired) electrons. The van der Waals surface area contributed by atoms with Crippen molar-refractivity contribution >= 4 is 47.0 Å². The van der Waals surface area contributed by atoms with Gasteiger partial charge in [0.2, 0.25) is 0 Å². The number of esters is 6. The van der Waals surface area contributed by atoms with Gasteiger partial charge in [0.1, 0.15) is 11.5 Å². The van der Waals surface area contributed by atoms with Gasteiger partial charge in [-0.3, -0.25) is 0 Å². The van der Waals surface area contributed by atoms with Crippen LogP contribution in [0.25, 0.3) is 11.1 Å². The van der Waals surface area contributed by atoms with E-state index in [9.17, 15) is 28.8 Å². The van der Waals surface area contributed by atoms with Gasteiger partial charge in [-0.15, -0.1) is 0 Å². The maximum atomic E-state index is 12.9. The number of carbonyl (C=O) groups is 6. The molecule has 10 nitrogen and oxygen atoms in total. The molecule has 0 N–H and O–H groups in total. The van der Waals surface area contributed by atoms with Crippen molar-refractivity contribution < 1.29 is 47.7 Å². The third kappa shape index (κ3) is 6.80. The Labute approximate surface area is 316 Å². The van der Waals surface area contributed by atoms with Crippen LogP contribution in [0.5, 0.6) is 11.5 Å². The van der Waals surface area contributed by atoms with Crippen molar-refractivity contribution in [2.45, 2.75) is 59.3 Å². The smallest absolute Gasteiger partial charge is 0.346 e. The Morgan fingerprint density at radius 3 is 1.60 bits per heavy atom. The van der Waals surface area contributed by atoms with Crippen molar-refractivity contribution in [2.24, 2.45) is 11.8 Å². The van der Waals surface area contributed by atoms with Gasteiger partial charge in [-0.25, -0.2) is 28.8 Å². The minimum Gasteiger partial charge on any atom is -0.423 e. The van der Waals surface area contributed by atoms with Gasteiger partial charge in [-0.1, -0.05) is 23.8 Å². The number of hydrogen-bond donors (Lipinski definition) is 0. The summed E-state index contributed by atoms with van der Waals surface area (Å²) in [5, 5.41) is 0. The number of carbonyl (C=O) groups excluding carboxylic acids is 6. The summed E-state index contributed by atoms with van der Waals surface area (Å²) in [5.74, 6) is -2.20. The number of ether oxygens (including phenoxy) is 4. The van der Waals surface area contributed by atoms with Crippen LogP contribution in [0.1, 0.15) is 130 Å². The van der Waals surface area contributed by atoms with Crippen LogP contribution >= 0.6 is 0 Å². The average molecular weight is 737 g/mol. The summed E-state index contributed by atoms with van der Waals surface area (Å²) in [4.78, 5) is 73.2. The predicted octanol–water partition coefficient (Wildman–Crippen LogP) is 8.82. The van der Waals surface area contributed by atoms with Crippen LogP contribution in [0.3, 0.4) is 0 Å². The molecule has 0 amide bonds. The van der Waals surface area contributed by atoms with E-state index in [2.05, 4.69) is 28.5 Å². The lowest BCUT2D eigenvalue weighted by atomic mass is 9.71. The Morgan fingerprint density at radius 1 is 0.582 bits per heavy atom. The number of fused-ring (bicyclic) bond motifs is 2. The summed E-state index contributed by atoms with van der Waals surface area (Å²) in [7, 11) is 0. The number of cyclic esters (lactones) is 4. The minimum absolute atomic E-state index is 0.0588. The molecule has 55 heavy (non-hydrogen) atoms. The van der Waals surface area contributed by atoms with E-state index >= 15 is 0 Å². The number of rotatable bonds is 7. The van der Waals surface area contributed by atoms with Crippen LogP contribution in [0.2, 0.25) is 0 Å². The molecular formula is C45H36O10. The molecule has 0 aromatic heterocycles. The highest BCUT2D eigenvalue weighted by molar-refractivity contribution is 6.16. The van der Waals surface area contributed by atoms with Gasteiger partial charge in [-0.05, 0) is 165 Å². The first-order chi connectivity index (χ1) is 26.4. The minimum atomic E-state index is -0.772. The summed E-state index contributed by atoms with van der Waals surface area (Å²) in [6.07, 6.45) is 8.52. The van der Waals surface area contributed by atoms with Crippen LogP contribution in [-0.4, -0.2) is 35.8 Å². The molecule has 4 aromatic carbocycles. The molecule has 0 spiro atoms. The second kappa shape index (κ2) is 14.1. The average Bonchev–Trinajstić information content (AvgIpc) is 3.64. The van der Waals surface area contributed by atoms with E-state index in [1.165, 1.54) is 53.1 Å². The fraction of sp³-hybridized carbons (Fsp3) is 0.244. The van der Waals surface area contributed by atoms with Gasteiger partial charge in [0.15, 0.2) is 0 Å². The first-order valence-electron chi connectivity index (χ1n) is 18.3. The van der Waals surface area contributed by atoms with Crippen LogP contribution in [0.4, 0.5) is 0 Å². The summed E-state index contributed by atoms with van der Waals surface area (Å²) in [5.41, 5.74) is 8.57. The fourth-order valence-corrected chi connectivity index (χ4v) is 8.16. The van der Waals surface area contributed by atoms with Crippen molar-refractivity contribution in [3.05, 3.63) is 140 Å². The zero-order valence-corrected chi connectivity index (χ0v) is 30.5. The standard InChI is InChI=1S/C45H36O10/c1-23-18-28(8-13-33(23)30-12-17-39(25(3)20-30)53-41(47)32-10-15-35-37(22-32)45(51)55-43(35)49)26-4-6-27(7-5-26)29-11-16-38(24(2)19-29)52-40(46)31-9-14-34-36(21-31)44(50)54-42(34)48/h6,9-12,14-17,19-22,26,28H,4-5,7-8,13,18H2,1-3H3. The van der Waals surface area contributed by atoms with Crippen molar-refractivity contribution in [1.82, 2.24) is 0 Å². The maximum Gasteiger partial charge on any atom is 0.346 e. The van der Waals surface area contributed by atoms with Gasteiger partial charge < -0.3 is 18.9 Å². The number of benzene rings is 4. The lowest BCUT2D eigenvalue weighted by Crippen LogP contribution is -2.20. The quantitative estimate of drug-likeness (QED) is 0.103. The topological polar surface area (TPSA) is 139 Å². The Hall–Kier alpha value is -6.42. The molecule has 2 aliphatic carbocycles. The molecule has 2 aliphatic heterocycles. The number of hydrogen-bond acceptors (Lipinski definition) is 10. The Balaban J connectivity index is 0.874. The zero-order chi connectivity index (χ0) is 38.5. The third-order valence-electron chi connectivity index (χ3n) is 11.2. The van der Waals surface area contributed by atoms with Crippen LogP contribution in [0, 0.1) is 25.7 Å². The molecule has 2 heterocycles. The molecule has 4 aliphatic rings. The third-order valence-corrected chi connectivity index (χ3v) is 11.2. The van der Waals surface area contributed by atoms with E-state index in [0.717, 1.165) is 60.8 Å². The highest BCUT2D eigenvalue weighted by Crippen LogP contribution is 2.44. The van der Waals surface area contributed by atoms with Crippen molar-refractivity contribution in [3.8, 4) is 11.5 Å². The van der Waals surface area contributed by atoms with E-state index in [0.29, 0.717) is 23.3 Å². The van der Waals surface area contributed by atoms with Crippen LogP contribution in [0.15, 0.2) is 84.4 Å². The molecule has 10 heteroatoms. The first-order valence-corrected chi connectivity index (χ1v) is 18.3. The van der Waals surface area contributed by atoms with Gasteiger partial charge >= 0.3 is 35.8 Å². The highest BCUT2D eigenvalue weighted by Gasteiger charge is 2.33. The van der Waals surface area contributed by atoms with Crippen LogP contribution < -0.4 is 9.47 Å². The number of aryl methyl sites for hydroxylation is 2. The van der Waals surface area contributed by atoms with Crippen molar-refractivity contribution in [3.63, 3.8) is 0 Å². The maximum absolute atomic E-state index is 12.9. The van der Waals surface area contributed by atoms with Crippen molar-refractivity contribution in [1.29, 1.82) is 0 Å². The second-order valence-corrected chi connectivity index (χ2v) is 14.6. The molecular weight excluding hydrogens is 700 g/mol. The largest absolute Gasteiger partial charge is 0.423 e. The molecule has 276 valence electrons. The lowest BCUT2D eigenvalue weighted by Gasteiger charge is -2.34. The monoisotopic (exact) mass is 736 g/mol. The normalized spacial score (nSPS) is 19.0. The molecule has 0 fully saturated rings. The Bertz CT molecular complexity index is 2450. The molecule has 8 rings (SSSR count). The summed E-state index contributed by atoms with van der Waals surface area (Å²) < 4.78 is 20.6. The second-order valence-electron chi connectivity index (χ2n) is 14.6. The fourth-order valence-electron chi connectivity index (χ4n) is 8.16. The van der Waals surface area contributed by atoms with Gasteiger partial charge in [0.25, 0.3) is 0 Å². The summed E-state index contributed by atoms with van der Waals surface area (Å²) in [6.45, 7) is 6.02. The van der Waals surface area contributed by atoms with Gasteiger partial charge in [0, 0.05) is 0 Å². The molecule has 0 saturated carbocycles.